The maximum Gasteiger partial charge on any atom is 0.323 e. The minimum absolute atomic E-state index is 0.00763. The number of furan rings is 1. The third-order valence-electron chi connectivity index (χ3n) is 6.49. The van der Waals surface area contributed by atoms with Gasteiger partial charge in [0.05, 0.1) is 24.1 Å². The molecule has 2 heterocycles. The van der Waals surface area contributed by atoms with Crippen molar-refractivity contribution >= 4 is 29.0 Å². The van der Waals surface area contributed by atoms with Crippen LogP contribution in [0, 0.1) is 6.92 Å². The van der Waals surface area contributed by atoms with Crippen LogP contribution >= 0.6 is 0 Å². The van der Waals surface area contributed by atoms with Crippen molar-refractivity contribution in [3.8, 4) is 0 Å². The van der Waals surface area contributed by atoms with Gasteiger partial charge >= 0.3 is 6.03 Å². The standard InChI is InChI=1S/C29H36N4O3/c1-3-4-16-33(21-25-9-8-19-36-25)27-15-14-24(20-26(27)28(34)32-17-6-5-7-18-32)31-29(35)30-23-12-10-22(2)11-13-23/h8-15,19-20H,3-7,16-18,21H2,1-2H3,(H2,30,31,35). The Bertz CT molecular complexity index is 1140. The fourth-order valence-corrected chi connectivity index (χ4v) is 4.48. The van der Waals surface area contributed by atoms with Gasteiger partial charge in [0.2, 0.25) is 0 Å². The van der Waals surface area contributed by atoms with Crippen LogP contribution in [0.15, 0.2) is 65.3 Å². The molecule has 7 nitrogen and oxygen atoms in total. The van der Waals surface area contributed by atoms with Crippen LogP contribution < -0.4 is 15.5 Å². The molecule has 0 saturated carbocycles. The number of aryl methyl sites for hydroxylation is 1. The zero-order valence-corrected chi connectivity index (χ0v) is 21.3. The summed E-state index contributed by atoms with van der Waals surface area (Å²) in [6.45, 7) is 7.06. The van der Waals surface area contributed by atoms with E-state index in [1.807, 2.05) is 66.4 Å². The number of benzene rings is 2. The molecule has 0 spiro atoms. The van der Waals surface area contributed by atoms with Crippen molar-refractivity contribution in [1.29, 1.82) is 0 Å². The number of nitrogens with one attached hydrogen (secondary N) is 2. The van der Waals surface area contributed by atoms with Crippen LogP contribution in [0.5, 0.6) is 0 Å². The van der Waals surface area contributed by atoms with Gasteiger partial charge < -0.3 is 24.9 Å². The number of carbonyl (C=O) groups excluding carboxylic acids is 2. The first-order valence-corrected chi connectivity index (χ1v) is 12.9. The van der Waals surface area contributed by atoms with Crippen LogP contribution in [-0.2, 0) is 6.54 Å². The SMILES string of the molecule is CCCCN(Cc1ccco1)c1ccc(NC(=O)Nc2ccc(C)cc2)cc1C(=O)N1CCCCC1. The number of likely N-dealkylation sites (tertiary alicyclic amines) is 1. The third-order valence-corrected chi connectivity index (χ3v) is 6.49. The summed E-state index contributed by atoms with van der Waals surface area (Å²) in [5, 5.41) is 5.76. The highest BCUT2D eigenvalue weighted by atomic mass is 16.3. The smallest absolute Gasteiger partial charge is 0.323 e. The average Bonchev–Trinajstić information content (AvgIpc) is 3.41. The summed E-state index contributed by atoms with van der Waals surface area (Å²) >= 11 is 0. The molecule has 1 aromatic heterocycles. The number of nitrogens with zero attached hydrogens (tertiary/aromatic N) is 2. The fraction of sp³-hybridized carbons (Fsp3) is 0.379. The minimum atomic E-state index is -0.346. The minimum Gasteiger partial charge on any atom is -0.467 e. The molecule has 1 saturated heterocycles. The summed E-state index contributed by atoms with van der Waals surface area (Å²) in [6.07, 6.45) is 6.90. The number of rotatable bonds is 9. The molecule has 0 radical (unpaired) electrons. The van der Waals surface area contributed by atoms with Gasteiger partial charge in [-0.15, -0.1) is 0 Å². The second-order valence-electron chi connectivity index (χ2n) is 9.38. The van der Waals surface area contributed by atoms with Gasteiger partial charge in [-0.3, -0.25) is 4.79 Å². The summed E-state index contributed by atoms with van der Waals surface area (Å²) < 4.78 is 5.62. The lowest BCUT2D eigenvalue weighted by Gasteiger charge is -2.31. The van der Waals surface area contributed by atoms with Crippen molar-refractivity contribution < 1.29 is 14.0 Å². The Morgan fingerprint density at radius 2 is 1.69 bits per heavy atom. The number of anilines is 3. The number of piperidine rings is 1. The van der Waals surface area contributed by atoms with Gasteiger partial charge in [-0.25, -0.2) is 4.79 Å². The van der Waals surface area contributed by atoms with E-state index >= 15 is 0 Å². The van der Waals surface area contributed by atoms with Crippen molar-refractivity contribution in [2.24, 2.45) is 0 Å². The molecule has 2 N–H and O–H groups in total. The zero-order chi connectivity index (χ0) is 25.3. The molecule has 7 heteroatoms. The monoisotopic (exact) mass is 488 g/mol. The normalized spacial score (nSPS) is 13.3. The molecule has 190 valence electrons. The van der Waals surface area contributed by atoms with Crippen molar-refractivity contribution in [2.45, 2.75) is 52.5 Å². The van der Waals surface area contributed by atoms with Crippen LogP contribution in [0.1, 0.15) is 60.7 Å². The molecule has 36 heavy (non-hydrogen) atoms. The molecule has 4 rings (SSSR count). The molecular formula is C29H36N4O3. The first-order chi connectivity index (χ1) is 17.5. The van der Waals surface area contributed by atoms with Gasteiger partial charge in [-0.1, -0.05) is 31.0 Å². The van der Waals surface area contributed by atoms with Gasteiger partial charge in [0.25, 0.3) is 5.91 Å². The molecule has 2 aromatic carbocycles. The Labute approximate surface area is 213 Å². The van der Waals surface area contributed by atoms with Crippen molar-refractivity contribution in [2.75, 3.05) is 35.2 Å². The van der Waals surface area contributed by atoms with Crippen molar-refractivity contribution in [1.82, 2.24) is 4.90 Å². The molecule has 1 fully saturated rings. The van der Waals surface area contributed by atoms with Gasteiger partial charge in [-0.05, 0) is 75.1 Å². The molecule has 0 unspecified atom stereocenters. The van der Waals surface area contributed by atoms with E-state index in [1.54, 1.807) is 6.26 Å². The predicted octanol–water partition coefficient (Wildman–Crippen LogP) is 6.66. The number of urea groups is 1. The molecular weight excluding hydrogens is 452 g/mol. The average molecular weight is 489 g/mol. The van der Waals surface area contributed by atoms with Crippen LogP contribution in [0.4, 0.5) is 21.9 Å². The topological polar surface area (TPSA) is 77.8 Å². The van der Waals surface area contributed by atoms with Crippen molar-refractivity contribution in [3.63, 3.8) is 0 Å². The van der Waals surface area contributed by atoms with E-state index in [9.17, 15) is 9.59 Å². The molecule has 0 bridgehead atoms. The van der Waals surface area contributed by atoms with E-state index in [0.717, 1.165) is 68.7 Å². The Morgan fingerprint density at radius 1 is 0.972 bits per heavy atom. The Hall–Kier alpha value is -3.74. The highest BCUT2D eigenvalue weighted by Gasteiger charge is 2.24. The Balaban J connectivity index is 1.61. The maximum atomic E-state index is 13.7. The first-order valence-electron chi connectivity index (χ1n) is 12.9. The lowest BCUT2D eigenvalue weighted by atomic mass is 10.1. The molecule has 1 aliphatic heterocycles. The molecule has 3 amide bonds. The second-order valence-corrected chi connectivity index (χ2v) is 9.38. The lowest BCUT2D eigenvalue weighted by Crippen LogP contribution is -2.37. The van der Waals surface area contributed by atoms with Crippen molar-refractivity contribution in [3.05, 3.63) is 77.7 Å². The number of hydrogen-bond acceptors (Lipinski definition) is 4. The van der Waals surface area contributed by atoms with Crippen LogP contribution in [0.3, 0.4) is 0 Å². The molecule has 3 aromatic rings. The van der Waals surface area contributed by atoms with Gasteiger partial charge in [0.1, 0.15) is 5.76 Å². The largest absolute Gasteiger partial charge is 0.467 e. The Kier molecular flexibility index (Phi) is 8.66. The maximum absolute atomic E-state index is 13.7. The number of unbranched alkanes of at least 4 members (excludes halogenated alkanes) is 1. The summed E-state index contributed by atoms with van der Waals surface area (Å²) in [5.74, 6) is 0.857. The molecule has 1 aliphatic rings. The number of carbonyl (C=O) groups is 2. The third kappa shape index (κ3) is 6.68. The van der Waals surface area contributed by atoms with Gasteiger partial charge in [0.15, 0.2) is 0 Å². The van der Waals surface area contributed by atoms with E-state index in [0.29, 0.717) is 23.5 Å². The summed E-state index contributed by atoms with van der Waals surface area (Å²) in [6, 6.07) is 16.7. The second kappa shape index (κ2) is 12.3. The van der Waals surface area contributed by atoms with Gasteiger partial charge in [0, 0.05) is 31.0 Å². The molecule has 0 aliphatic carbocycles. The number of amides is 3. The van der Waals surface area contributed by atoms with Crippen LogP contribution in [0.2, 0.25) is 0 Å². The summed E-state index contributed by atoms with van der Waals surface area (Å²) in [5.41, 5.74) is 3.88. The van der Waals surface area contributed by atoms with Crippen LogP contribution in [-0.4, -0.2) is 36.5 Å². The van der Waals surface area contributed by atoms with Crippen LogP contribution in [0.25, 0.3) is 0 Å². The van der Waals surface area contributed by atoms with Gasteiger partial charge in [-0.2, -0.15) is 0 Å². The Morgan fingerprint density at radius 3 is 2.39 bits per heavy atom. The van der Waals surface area contributed by atoms with E-state index < -0.39 is 0 Å². The predicted molar refractivity (Wildman–Crippen MR) is 145 cm³/mol. The zero-order valence-electron chi connectivity index (χ0n) is 21.3. The lowest BCUT2D eigenvalue weighted by molar-refractivity contribution is 0.0725. The first kappa shape index (κ1) is 25.4. The van der Waals surface area contributed by atoms with E-state index in [4.69, 9.17) is 4.42 Å². The highest BCUT2D eigenvalue weighted by molar-refractivity contribution is 6.04. The summed E-state index contributed by atoms with van der Waals surface area (Å²) in [7, 11) is 0. The van der Waals surface area contributed by atoms with E-state index in [2.05, 4.69) is 22.5 Å². The molecule has 0 atom stereocenters. The highest BCUT2D eigenvalue weighted by Crippen LogP contribution is 2.29. The summed E-state index contributed by atoms with van der Waals surface area (Å²) in [4.78, 5) is 30.5. The fourth-order valence-electron chi connectivity index (χ4n) is 4.48. The quantitative estimate of drug-likeness (QED) is 0.353. The van der Waals surface area contributed by atoms with E-state index in [-0.39, 0.29) is 11.9 Å². The van der Waals surface area contributed by atoms with E-state index in [1.165, 1.54) is 0 Å². The number of hydrogen-bond donors (Lipinski definition) is 2.